The van der Waals surface area contributed by atoms with Crippen molar-refractivity contribution in [2.45, 2.75) is 25.2 Å². The van der Waals surface area contributed by atoms with Crippen molar-refractivity contribution in [2.24, 2.45) is 0 Å². The van der Waals surface area contributed by atoms with Gasteiger partial charge in [-0.1, -0.05) is 26.0 Å². The summed E-state index contributed by atoms with van der Waals surface area (Å²) in [5.74, 6) is -0.0651. The van der Waals surface area contributed by atoms with Crippen molar-refractivity contribution in [3.8, 4) is 0 Å². The minimum absolute atomic E-state index is 0. The van der Waals surface area contributed by atoms with E-state index in [1.54, 1.807) is 19.1 Å². The first-order chi connectivity index (χ1) is 9.01. The average Bonchev–Trinajstić information content (AvgIpc) is 2.43. The summed E-state index contributed by atoms with van der Waals surface area (Å²) in [5.41, 5.74) is 0.428. The molecular weight excluding hydrogens is 300 g/mol. The Bertz CT molecular complexity index is 532. The molecule has 0 amide bonds. The lowest BCUT2D eigenvalue weighted by Gasteiger charge is -2.08. The molecule has 0 saturated heterocycles. The molecule has 0 spiro atoms. The van der Waals surface area contributed by atoms with Crippen molar-refractivity contribution < 1.29 is 13.2 Å². The lowest BCUT2D eigenvalue weighted by atomic mass is 10.1. The number of carbonyl (C=O) groups excluding carboxylic acids is 1. The Morgan fingerprint density at radius 3 is 2.50 bits per heavy atom. The molecule has 0 atom stereocenters. The molecule has 20 heavy (non-hydrogen) atoms. The highest BCUT2D eigenvalue weighted by molar-refractivity contribution is 7.89. The largest absolute Gasteiger partial charge is 0.316 e. The van der Waals surface area contributed by atoms with E-state index in [4.69, 9.17) is 0 Å². The Labute approximate surface area is 126 Å². The molecule has 1 aromatic rings. The van der Waals surface area contributed by atoms with Crippen LogP contribution in [0.3, 0.4) is 0 Å². The predicted molar refractivity (Wildman–Crippen MR) is 82.0 cm³/mol. The van der Waals surface area contributed by atoms with E-state index in [2.05, 4.69) is 10.0 Å². The minimum atomic E-state index is -3.55. The highest BCUT2D eigenvalue weighted by Crippen LogP contribution is 2.12. The maximum absolute atomic E-state index is 12.0. The highest BCUT2D eigenvalue weighted by Gasteiger charge is 2.14. The van der Waals surface area contributed by atoms with E-state index in [1.807, 2.05) is 6.92 Å². The fourth-order valence-electron chi connectivity index (χ4n) is 1.57. The van der Waals surface area contributed by atoms with E-state index in [0.717, 1.165) is 6.54 Å². The van der Waals surface area contributed by atoms with Gasteiger partial charge in [0.1, 0.15) is 0 Å². The molecule has 0 heterocycles. The second kappa shape index (κ2) is 9.07. The third kappa shape index (κ3) is 5.58. The van der Waals surface area contributed by atoms with Crippen molar-refractivity contribution in [1.29, 1.82) is 0 Å². The Hall–Kier alpha value is -0.950. The van der Waals surface area contributed by atoms with Crippen molar-refractivity contribution >= 4 is 28.2 Å². The van der Waals surface area contributed by atoms with Gasteiger partial charge < -0.3 is 5.32 Å². The molecule has 0 unspecified atom stereocenters. The molecule has 0 fully saturated rings. The lowest BCUT2D eigenvalue weighted by molar-refractivity contribution is 0.0988. The van der Waals surface area contributed by atoms with Crippen molar-refractivity contribution in [3.05, 3.63) is 29.8 Å². The first-order valence-corrected chi connectivity index (χ1v) is 7.83. The predicted octanol–water partition coefficient (Wildman–Crippen LogP) is 1.59. The van der Waals surface area contributed by atoms with E-state index in [0.29, 0.717) is 25.1 Å². The quantitative estimate of drug-likeness (QED) is 0.563. The Kier molecular flexibility index (Phi) is 8.64. The zero-order valence-corrected chi connectivity index (χ0v) is 13.3. The normalized spacial score (nSPS) is 10.9. The number of nitrogens with one attached hydrogen (secondary N) is 2. The number of rotatable bonds is 8. The molecule has 0 aliphatic heterocycles. The molecule has 114 valence electrons. The van der Waals surface area contributed by atoms with Gasteiger partial charge in [-0.15, -0.1) is 12.4 Å². The van der Waals surface area contributed by atoms with Gasteiger partial charge in [0.15, 0.2) is 5.78 Å². The molecule has 0 aromatic heterocycles. The Morgan fingerprint density at radius 1 is 1.20 bits per heavy atom. The summed E-state index contributed by atoms with van der Waals surface area (Å²) in [7, 11) is -3.55. The minimum Gasteiger partial charge on any atom is -0.316 e. The molecule has 0 saturated carbocycles. The molecule has 1 rings (SSSR count). The van der Waals surface area contributed by atoms with Gasteiger partial charge in [0.25, 0.3) is 0 Å². The van der Waals surface area contributed by atoms with Gasteiger partial charge in [0, 0.05) is 25.1 Å². The number of carbonyl (C=O) groups is 1. The molecule has 1 aromatic carbocycles. The topological polar surface area (TPSA) is 75.3 Å². The maximum atomic E-state index is 12.0. The fourth-order valence-corrected chi connectivity index (χ4v) is 2.65. The lowest BCUT2D eigenvalue weighted by Crippen LogP contribution is -2.31. The van der Waals surface area contributed by atoms with Crippen LogP contribution >= 0.6 is 12.4 Å². The maximum Gasteiger partial charge on any atom is 0.240 e. The monoisotopic (exact) mass is 320 g/mol. The molecular formula is C13H21ClN2O3S. The van der Waals surface area contributed by atoms with Crippen LogP contribution < -0.4 is 10.0 Å². The molecule has 2 N–H and O–H groups in total. The average molecular weight is 321 g/mol. The molecule has 0 aliphatic carbocycles. The summed E-state index contributed by atoms with van der Waals surface area (Å²) in [6.45, 7) is 5.39. The number of hydrogen-bond acceptors (Lipinski definition) is 4. The smallest absolute Gasteiger partial charge is 0.240 e. The van der Waals surface area contributed by atoms with Crippen LogP contribution in [0.25, 0.3) is 0 Å². The van der Waals surface area contributed by atoms with Crippen molar-refractivity contribution in [1.82, 2.24) is 10.0 Å². The molecule has 7 heteroatoms. The van der Waals surface area contributed by atoms with Crippen molar-refractivity contribution in [2.75, 3.05) is 19.6 Å². The summed E-state index contributed by atoms with van der Waals surface area (Å²) in [6.07, 6.45) is 0.358. The van der Waals surface area contributed by atoms with Crippen LogP contribution in [-0.2, 0) is 10.0 Å². The van der Waals surface area contributed by atoms with Gasteiger partial charge in [-0.2, -0.15) is 0 Å². The van der Waals surface area contributed by atoms with Gasteiger partial charge >= 0.3 is 0 Å². The van der Waals surface area contributed by atoms with Crippen LogP contribution in [0.2, 0.25) is 0 Å². The third-order valence-corrected chi connectivity index (χ3v) is 4.09. The molecule has 0 radical (unpaired) electrons. The standard InChI is InChI=1S/C13H20N2O3S.ClH/c1-3-13(16)11-6-5-7-12(10-11)19(17,18)15-9-8-14-4-2;/h5-7,10,14-15H,3-4,8-9H2,1-2H3;1H. The van der Waals surface area contributed by atoms with E-state index >= 15 is 0 Å². The van der Waals surface area contributed by atoms with Gasteiger partial charge in [-0.25, -0.2) is 13.1 Å². The summed E-state index contributed by atoms with van der Waals surface area (Å²) in [5, 5.41) is 3.03. The van der Waals surface area contributed by atoms with E-state index in [1.165, 1.54) is 12.1 Å². The van der Waals surface area contributed by atoms with Gasteiger partial charge in [-0.05, 0) is 18.7 Å². The Balaban J connectivity index is 0.00000361. The molecule has 0 bridgehead atoms. The number of Topliss-reactive ketones (excluding diaryl/α,β-unsaturated/α-hetero) is 1. The van der Waals surface area contributed by atoms with Crippen LogP contribution in [0.5, 0.6) is 0 Å². The summed E-state index contributed by atoms with van der Waals surface area (Å²) >= 11 is 0. The van der Waals surface area contributed by atoms with Crippen LogP contribution in [0.4, 0.5) is 0 Å². The number of sulfonamides is 1. The Morgan fingerprint density at radius 2 is 1.90 bits per heavy atom. The zero-order valence-electron chi connectivity index (χ0n) is 11.7. The van der Waals surface area contributed by atoms with E-state index < -0.39 is 10.0 Å². The number of halogens is 1. The second-order valence-corrected chi connectivity index (χ2v) is 5.82. The SMILES string of the molecule is CCNCCNS(=O)(=O)c1cccc(C(=O)CC)c1.Cl. The number of hydrogen-bond donors (Lipinski definition) is 2. The van der Waals surface area contributed by atoms with Gasteiger partial charge in [0.05, 0.1) is 4.90 Å². The summed E-state index contributed by atoms with van der Waals surface area (Å²) < 4.78 is 26.5. The van der Waals surface area contributed by atoms with Gasteiger partial charge in [0.2, 0.25) is 10.0 Å². The van der Waals surface area contributed by atoms with Crippen LogP contribution in [0.1, 0.15) is 30.6 Å². The third-order valence-electron chi connectivity index (χ3n) is 2.63. The fraction of sp³-hybridized carbons (Fsp3) is 0.462. The number of ketones is 1. The highest BCUT2D eigenvalue weighted by atomic mass is 35.5. The van der Waals surface area contributed by atoms with Crippen LogP contribution in [-0.4, -0.2) is 33.8 Å². The summed E-state index contributed by atoms with van der Waals surface area (Å²) in [6, 6.07) is 6.12. The van der Waals surface area contributed by atoms with Gasteiger partial charge in [-0.3, -0.25) is 4.79 Å². The van der Waals surface area contributed by atoms with Crippen LogP contribution in [0, 0.1) is 0 Å². The van der Waals surface area contributed by atoms with Crippen LogP contribution in [0.15, 0.2) is 29.2 Å². The summed E-state index contributed by atoms with van der Waals surface area (Å²) in [4.78, 5) is 11.7. The van der Waals surface area contributed by atoms with E-state index in [9.17, 15) is 13.2 Å². The van der Waals surface area contributed by atoms with Crippen molar-refractivity contribution in [3.63, 3.8) is 0 Å². The van der Waals surface area contributed by atoms with E-state index in [-0.39, 0.29) is 23.1 Å². The number of likely N-dealkylation sites (N-methyl/N-ethyl adjacent to an activating group) is 1. The zero-order chi connectivity index (χ0) is 14.3. The molecule has 5 nitrogen and oxygen atoms in total. The molecule has 0 aliphatic rings. The first kappa shape index (κ1) is 19.1. The number of benzene rings is 1. The first-order valence-electron chi connectivity index (χ1n) is 6.35. The second-order valence-electron chi connectivity index (χ2n) is 4.06.